The second kappa shape index (κ2) is 8.83. The molecule has 2 amide bonds. The van der Waals surface area contributed by atoms with Gasteiger partial charge in [-0.1, -0.05) is 17.7 Å². The average Bonchev–Trinajstić information content (AvgIpc) is 2.71. The maximum absolute atomic E-state index is 12.5. The number of carbonyl (C=O) groups is 2. The third-order valence-electron chi connectivity index (χ3n) is 4.33. The van der Waals surface area contributed by atoms with Gasteiger partial charge in [-0.25, -0.2) is 4.99 Å². The van der Waals surface area contributed by atoms with Gasteiger partial charge in [-0.3, -0.25) is 20.2 Å². The van der Waals surface area contributed by atoms with E-state index in [9.17, 15) is 9.59 Å². The van der Waals surface area contributed by atoms with E-state index in [4.69, 9.17) is 25.8 Å². The Morgan fingerprint density at radius 2 is 1.90 bits per heavy atom. The number of hydrogen-bond acceptors (Lipinski definition) is 6. The first-order chi connectivity index (χ1) is 14.0. The molecule has 0 bridgehead atoms. The Bertz CT molecular complexity index is 977. The normalized spacial score (nSPS) is 15.8. The van der Waals surface area contributed by atoms with E-state index in [1.54, 1.807) is 30.3 Å². The summed E-state index contributed by atoms with van der Waals surface area (Å²) < 4.78 is 16.2. The Hall–Kier alpha value is -3.26. The van der Waals surface area contributed by atoms with Gasteiger partial charge < -0.3 is 14.2 Å². The van der Waals surface area contributed by atoms with Crippen molar-refractivity contribution < 1.29 is 23.8 Å². The Morgan fingerprint density at radius 1 is 1.14 bits per heavy atom. The summed E-state index contributed by atoms with van der Waals surface area (Å²) in [5.41, 5.74) is 0.981. The quantitative estimate of drug-likeness (QED) is 0.779. The van der Waals surface area contributed by atoms with E-state index in [1.165, 1.54) is 27.4 Å². The van der Waals surface area contributed by atoms with Crippen LogP contribution in [0.4, 0.5) is 0 Å². The highest BCUT2D eigenvalue weighted by Gasteiger charge is 2.28. The third kappa shape index (κ3) is 4.43. The molecule has 2 N–H and O–H groups in total. The lowest BCUT2D eigenvalue weighted by Crippen LogP contribution is -2.47. The first-order valence-electron chi connectivity index (χ1n) is 8.70. The van der Waals surface area contributed by atoms with Crippen LogP contribution in [0, 0.1) is 0 Å². The summed E-state index contributed by atoms with van der Waals surface area (Å²) in [7, 11) is 4.51. The monoisotopic (exact) mass is 417 g/mol. The lowest BCUT2D eigenvalue weighted by atomic mass is 10.0. The van der Waals surface area contributed by atoms with Crippen molar-refractivity contribution in [3.8, 4) is 17.2 Å². The smallest absolute Gasteiger partial charge is 0.258 e. The predicted molar refractivity (Wildman–Crippen MR) is 108 cm³/mol. The predicted octanol–water partition coefficient (Wildman–Crippen LogP) is 2.71. The van der Waals surface area contributed by atoms with E-state index in [1.807, 2.05) is 0 Å². The van der Waals surface area contributed by atoms with Crippen LogP contribution in [0.2, 0.25) is 5.02 Å². The van der Waals surface area contributed by atoms with Crippen molar-refractivity contribution in [1.82, 2.24) is 10.6 Å². The standard InChI is InChI=1S/C20H20ClN3O5/c1-27-15-8-7-13(17(28-2)18(15)29-3)14-10-16(25)23-20(22-14)24-19(26)11-5-4-6-12(21)9-11/h4-9,14H,10H2,1-3H3,(H2,22,23,24,25,26). The fourth-order valence-electron chi connectivity index (χ4n) is 3.03. The zero-order valence-electron chi connectivity index (χ0n) is 16.1. The first-order valence-corrected chi connectivity index (χ1v) is 9.08. The summed E-state index contributed by atoms with van der Waals surface area (Å²) >= 11 is 5.93. The average molecular weight is 418 g/mol. The number of amides is 2. The highest BCUT2D eigenvalue weighted by molar-refractivity contribution is 6.31. The van der Waals surface area contributed by atoms with Crippen LogP contribution in [0.25, 0.3) is 0 Å². The van der Waals surface area contributed by atoms with Crippen LogP contribution in [0.5, 0.6) is 17.2 Å². The second-order valence-corrected chi connectivity index (χ2v) is 6.57. The topological polar surface area (TPSA) is 98.3 Å². The highest BCUT2D eigenvalue weighted by atomic mass is 35.5. The van der Waals surface area contributed by atoms with Gasteiger partial charge >= 0.3 is 0 Å². The molecule has 0 saturated carbocycles. The van der Waals surface area contributed by atoms with E-state index < -0.39 is 11.9 Å². The number of ether oxygens (including phenoxy) is 3. The molecule has 0 fully saturated rings. The molecule has 29 heavy (non-hydrogen) atoms. The maximum atomic E-state index is 12.5. The van der Waals surface area contributed by atoms with Crippen LogP contribution in [-0.2, 0) is 4.79 Å². The minimum atomic E-state index is -0.576. The lowest BCUT2D eigenvalue weighted by molar-refractivity contribution is -0.120. The summed E-state index contributed by atoms with van der Waals surface area (Å²) in [4.78, 5) is 29.2. The largest absolute Gasteiger partial charge is 0.493 e. The number of hydrogen-bond donors (Lipinski definition) is 2. The Balaban J connectivity index is 1.92. The number of rotatable bonds is 5. The zero-order valence-corrected chi connectivity index (χ0v) is 16.9. The summed E-state index contributed by atoms with van der Waals surface area (Å²) in [5.74, 6) is 0.628. The zero-order chi connectivity index (χ0) is 21.0. The minimum Gasteiger partial charge on any atom is -0.493 e. The van der Waals surface area contributed by atoms with E-state index in [-0.39, 0.29) is 18.3 Å². The molecule has 1 heterocycles. The third-order valence-corrected chi connectivity index (χ3v) is 4.57. The molecule has 2 aromatic rings. The van der Waals surface area contributed by atoms with E-state index in [0.717, 1.165) is 0 Å². The van der Waals surface area contributed by atoms with Crippen molar-refractivity contribution in [2.24, 2.45) is 4.99 Å². The highest BCUT2D eigenvalue weighted by Crippen LogP contribution is 2.44. The summed E-state index contributed by atoms with van der Waals surface area (Å²) in [5, 5.41) is 5.61. The number of nitrogens with zero attached hydrogens (tertiary/aromatic N) is 1. The molecule has 3 rings (SSSR count). The number of nitrogens with one attached hydrogen (secondary N) is 2. The Kier molecular flexibility index (Phi) is 6.23. The molecule has 0 saturated heterocycles. The van der Waals surface area contributed by atoms with Crippen molar-refractivity contribution in [1.29, 1.82) is 0 Å². The van der Waals surface area contributed by atoms with Gasteiger partial charge in [-0.05, 0) is 30.3 Å². The molecule has 9 heteroatoms. The summed E-state index contributed by atoms with van der Waals surface area (Å²) in [6, 6.07) is 9.35. The van der Waals surface area contributed by atoms with Crippen molar-refractivity contribution in [2.75, 3.05) is 21.3 Å². The molecule has 152 valence electrons. The van der Waals surface area contributed by atoms with E-state index in [2.05, 4.69) is 15.6 Å². The minimum absolute atomic E-state index is 0.0491. The first kappa shape index (κ1) is 20.5. The van der Waals surface area contributed by atoms with Gasteiger partial charge in [0.05, 0.1) is 33.8 Å². The Labute approximate surface area is 172 Å². The van der Waals surface area contributed by atoms with Gasteiger partial charge in [-0.2, -0.15) is 0 Å². The number of methoxy groups -OCH3 is 3. The van der Waals surface area contributed by atoms with Gasteiger partial charge in [0.1, 0.15) is 0 Å². The SMILES string of the molecule is COc1ccc(C2CC(=O)NC(NC(=O)c3cccc(Cl)c3)=N2)c(OC)c1OC. The number of aliphatic imine (C=N–C) groups is 1. The van der Waals surface area contributed by atoms with Crippen molar-refractivity contribution in [3.63, 3.8) is 0 Å². The summed E-state index contributed by atoms with van der Waals surface area (Å²) in [6.07, 6.45) is 0.0857. The fourth-order valence-corrected chi connectivity index (χ4v) is 3.22. The van der Waals surface area contributed by atoms with Gasteiger partial charge in [-0.15, -0.1) is 0 Å². The van der Waals surface area contributed by atoms with Gasteiger partial charge in [0.15, 0.2) is 11.5 Å². The van der Waals surface area contributed by atoms with Crippen LogP contribution in [0.3, 0.4) is 0 Å². The number of benzene rings is 2. The molecule has 0 radical (unpaired) electrons. The molecule has 2 aromatic carbocycles. The molecule has 8 nitrogen and oxygen atoms in total. The molecule has 1 atom stereocenters. The number of halogens is 1. The molecule has 0 spiro atoms. The second-order valence-electron chi connectivity index (χ2n) is 6.13. The van der Waals surface area contributed by atoms with Crippen molar-refractivity contribution >= 4 is 29.4 Å². The summed E-state index contributed by atoms with van der Waals surface area (Å²) in [6.45, 7) is 0. The Morgan fingerprint density at radius 3 is 2.55 bits per heavy atom. The molecule has 0 aliphatic carbocycles. The molecular weight excluding hydrogens is 398 g/mol. The van der Waals surface area contributed by atoms with Crippen LogP contribution in [0.15, 0.2) is 41.4 Å². The lowest BCUT2D eigenvalue weighted by Gasteiger charge is -2.24. The van der Waals surface area contributed by atoms with Gasteiger partial charge in [0.2, 0.25) is 17.6 Å². The molecule has 1 aliphatic heterocycles. The maximum Gasteiger partial charge on any atom is 0.258 e. The molecule has 1 unspecified atom stereocenters. The van der Waals surface area contributed by atoms with E-state index >= 15 is 0 Å². The fraction of sp³-hybridized carbons (Fsp3) is 0.250. The van der Waals surface area contributed by atoms with Crippen LogP contribution >= 0.6 is 11.6 Å². The van der Waals surface area contributed by atoms with Crippen molar-refractivity contribution in [3.05, 3.63) is 52.5 Å². The van der Waals surface area contributed by atoms with Crippen LogP contribution < -0.4 is 24.8 Å². The van der Waals surface area contributed by atoms with Crippen LogP contribution in [-0.4, -0.2) is 39.1 Å². The van der Waals surface area contributed by atoms with Crippen LogP contribution in [0.1, 0.15) is 28.4 Å². The van der Waals surface area contributed by atoms with E-state index in [0.29, 0.717) is 33.4 Å². The van der Waals surface area contributed by atoms with Gasteiger partial charge in [0.25, 0.3) is 5.91 Å². The number of guanidine groups is 1. The van der Waals surface area contributed by atoms with Crippen molar-refractivity contribution in [2.45, 2.75) is 12.5 Å². The van der Waals surface area contributed by atoms with Gasteiger partial charge in [0, 0.05) is 16.1 Å². The molecular formula is C20H20ClN3O5. The number of carbonyl (C=O) groups excluding carboxylic acids is 2. The molecule has 0 aromatic heterocycles. The molecule has 1 aliphatic rings.